The van der Waals surface area contributed by atoms with E-state index in [2.05, 4.69) is 72.0 Å². The lowest BCUT2D eigenvalue weighted by Gasteiger charge is -2.24. The minimum atomic E-state index is -0.352. The quantitative estimate of drug-likeness (QED) is 0.106. The SMILES string of the molecule is CC(C)C(COc1ccn(-c2ccc(C(=O)NSc3cccc(NCCCC4CNC(C)(C)C4)n3)c(Cl)n2)n1)C(C)C. The summed E-state index contributed by atoms with van der Waals surface area (Å²) < 4.78 is 10.4. The second kappa shape index (κ2) is 14.6. The summed E-state index contributed by atoms with van der Waals surface area (Å²) in [6.07, 6.45) is 5.26. The van der Waals surface area contributed by atoms with Crippen molar-refractivity contribution in [2.45, 2.75) is 71.4 Å². The van der Waals surface area contributed by atoms with Crippen LogP contribution in [0.3, 0.4) is 0 Å². The molecule has 3 N–H and O–H groups in total. The van der Waals surface area contributed by atoms with E-state index in [1.165, 1.54) is 12.8 Å². The molecule has 1 atom stereocenters. The Bertz CT molecular complexity index is 1320. The van der Waals surface area contributed by atoms with Crippen LogP contribution in [0.2, 0.25) is 5.15 Å². The molecule has 0 aromatic carbocycles. The molecule has 1 fully saturated rings. The summed E-state index contributed by atoms with van der Waals surface area (Å²) in [5.41, 5.74) is 0.522. The molecule has 0 spiro atoms. The highest BCUT2D eigenvalue weighted by Crippen LogP contribution is 2.27. The van der Waals surface area contributed by atoms with Crippen molar-refractivity contribution in [3.05, 3.63) is 53.3 Å². The number of aromatic nitrogens is 4. The number of hydrogen-bond donors (Lipinski definition) is 3. The predicted octanol–water partition coefficient (Wildman–Crippen LogP) is 6.64. The molecule has 1 aliphatic rings. The van der Waals surface area contributed by atoms with Crippen LogP contribution < -0.4 is 20.1 Å². The van der Waals surface area contributed by atoms with Gasteiger partial charge in [0.25, 0.3) is 5.91 Å². The van der Waals surface area contributed by atoms with E-state index < -0.39 is 0 Å². The van der Waals surface area contributed by atoms with E-state index in [9.17, 15) is 4.79 Å². The van der Waals surface area contributed by atoms with Crippen LogP contribution in [0.15, 0.2) is 47.6 Å². The van der Waals surface area contributed by atoms with Gasteiger partial charge >= 0.3 is 0 Å². The zero-order valence-electron chi connectivity index (χ0n) is 25.5. The third-order valence-corrected chi connectivity index (χ3v) is 8.76. The van der Waals surface area contributed by atoms with Crippen molar-refractivity contribution in [3.63, 3.8) is 0 Å². The molecule has 3 aromatic heterocycles. The number of halogens is 1. The molecule has 0 bridgehead atoms. The summed E-state index contributed by atoms with van der Waals surface area (Å²) in [5.74, 6) is 3.65. The number of nitrogens with one attached hydrogen (secondary N) is 3. The van der Waals surface area contributed by atoms with E-state index in [4.69, 9.17) is 16.3 Å². The van der Waals surface area contributed by atoms with E-state index in [0.29, 0.717) is 41.1 Å². The topological polar surface area (TPSA) is 106 Å². The number of carbonyl (C=O) groups excluding carboxylic acids is 1. The number of carbonyl (C=O) groups is 1. The van der Waals surface area contributed by atoms with Crippen molar-refractivity contribution in [2.75, 3.05) is 25.0 Å². The van der Waals surface area contributed by atoms with E-state index in [-0.39, 0.29) is 22.2 Å². The second-order valence-corrected chi connectivity index (χ2v) is 13.6. The predicted molar refractivity (Wildman–Crippen MR) is 171 cm³/mol. The Morgan fingerprint density at radius 3 is 2.64 bits per heavy atom. The fourth-order valence-corrected chi connectivity index (χ4v) is 6.22. The van der Waals surface area contributed by atoms with Gasteiger partial charge in [-0.25, -0.2) is 14.6 Å². The fourth-order valence-electron chi connectivity index (χ4n) is 5.39. The Morgan fingerprint density at radius 1 is 1.17 bits per heavy atom. The number of rotatable bonds is 14. The molecule has 228 valence electrons. The molecule has 1 saturated heterocycles. The van der Waals surface area contributed by atoms with Crippen molar-refractivity contribution in [2.24, 2.45) is 23.7 Å². The summed E-state index contributed by atoms with van der Waals surface area (Å²) >= 11 is 7.55. The first-order valence-corrected chi connectivity index (χ1v) is 16.0. The molecule has 4 heterocycles. The van der Waals surface area contributed by atoms with Crippen LogP contribution in [-0.4, -0.2) is 50.9 Å². The smallest absolute Gasteiger partial charge is 0.264 e. The van der Waals surface area contributed by atoms with Crippen LogP contribution in [0.4, 0.5) is 5.82 Å². The Hall–Kier alpha value is -2.82. The van der Waals surface area contributed by atoms with Crippen LogP contribution in [0.25, 0.3) is 5.82 Å². The molecule has 1 aliphatic heterocycles. The number of nitrogens with zero attached hydrogens (tertiary/aromatic N) is 4. The Morgan fingerprint density at radius 2 is 1.95 bits per heavy atom. The van der Waals surface area contributed by atoms with E-state index in [1.54, 1.807) is 29.1 Å². The van der Waals surface area contributed by atoms with Gasteiger partial charge in [0.1, 0.15) is 16.0 Å². The van der Waals surface area contributed by atoms with Gasteiger partial charge in [-0.15, -0.1) is 5.10 Å². The van der Waals surface area contributed by atoms with Gasteiger partial charge in [0.05, 0.1) is 12.2 Å². The normalized spacial score (nSPS) is 16.4. The Kier molecular flexibility index (Phi) is 11.1. The summed E-state index contributed by atoms with van der Waals surface area (Å²) in [5, 5.41) is 12.2. The number of ether oxygens (including phenoxy) is 1. The average Bonchev–Trinajstić information content (AvgIpc) is 3.55. The lowest BCUT2D eigenvalue weighted by Crippen LogP contribution is -2.31. The lowest BCUT2D eigenvalue weighted by molar-refractivity contribution is 0.0984. The van der Waals surface area contributed by atoms with E-state index >= 15 is 0 Å². The van der Waals surface area contributed by atoms with E-state index in [0.717, 1.165) is 43.2 Å². The molecular formula is C31H44ClN7O2S. The minimum absolute atomic E-state index is 0.0903. The number of hydrogen-bond acceptors (Lipinski definition) is 8. The second-order valence-electron chi connectivity index (χ2n) is 12.4. The minimum Gasteiger partial charge on any atom is -0.476 e. The standard InChI is InChI=1S/C31H44ClN7O2S/c1-20(2)24(21(3)4)19-41-27-14-16-39(37-27)26-13-12-23(29(32)36-26)30(40)38-42-28-11-7-10-25(35-28)33-15-8-9-22-17-31(5,6)34-18-22/h7,10-14,16,20-22,24,34H,8-9,15,17-19H2,1-6H3,(H,33,35)(H,38,40). The van der Waals surface area contributed by atoms with Crippen LogP contribution in [0, 0.1) is 23.7 Å². The number of anilines is 1. The maximum absolute atomic E-state index is 12.9. The van der Waals surface area contributed by atoms with Crippen LogP contribution >= 0.6 is 23.5 Å². The maximum atomic E-state index is 12.9. The van der Waals surface area contributed by atoms with Crippen molar-refractivity contribution < 1.29 is 9.53 Å². The molecule has 9 nitrogen and oxygen atoms in total. The molecule has 0 saturated carbocycles. The third kappa shape index (κ3) is 9.09. The van der Waals surface area contributed by atoms with Gasteiger partial charge in [-0.3, -0.25) is 9.52 Å². The molecule has 3 aromatic rings. The van der Waals surface area contributed by atoms with Gasteiger partial charge in [-0.05, 0) is 87.6 Å². The first-order chi connectivity index (χ1) is 20.0. The van der Waals surface area contributed by atoms with Crippen molar-refractivity contribution >= 4 is 35.3 Å². The number of pyridine rings is 2. The zero-order valence-corrected chi connectivity index (χ0v) is 27.1. The van der Waals surface area contributed by atoms with Crippen LogP contribution in [0.1, 0.15) is 71.2 Å². The largest absolute Gasteiger partial charge is 0.476 e. The van der Waals surface area contributed by atoms with Gasteiger partial charge in [0.15, 0.2) is 5.82 Å². The Balaban J connectivity index is 1.26. The van der Waals surface area contributed by atoms with Crippen molar-refractivity contribution in [1.82, 2.24) is 29.8 Å². The average molecular weight is 614 g/mol. The molecule has 1 amide bonds. The summed E-state index contributed by atoms with van der Waals surface area (Å²) in [7, 11) is 0. The molecule has 11 heteroatoms. The lowest BCUT2D eigenvalue weighted by atomic mass is 9.86. The van der Waals surface area contributed by atoms with Crippen molar-refractivity contribution in [1.29, 1.82) is 0 Å². The van der Waals surface area contributed by atoms with Gasteiger partial charge in [0.2, 0.25) is 5.88 Å². The molecule has 0 radical (unpaired) electrons. The van der Waals surface area contributed by atoms with Crippen LogP contribution in [0.5, 0.6) is 5.88 Å². The van der Waals surface area contributed by atoms with Gasteiger partial charge in [-0.2, -0.15) is 0 Å². The van der Waals surface area contributed by atoms with E-state index in [1.807, 2.05) is 18.2 Å². The zero-order chi connectivity index (χ0) is 30.3. The molecule has 42 heavy (non-hydrogen) atoms. The monoisotopic (exact) mass is 613 g/mol. The van der Waals surface area contributed by atoms with Gasteiger partial charge < -0.3 is 15.4 Å². The highest BCUT2D eigenvalue weighted by Gasteiger charge is 2.29. The number of amides is 1. The fraction of sp³-hybridized carbons (Fsp3) is 0.548. The third-order valence-electron chi connectivity index (χ3n) is 7.75. The first kappa shape index (κ1) is 32.1. The van der Waals surface area contributed by atoms with Crippen LogP contribution in [-0.2, 0) is 0 Å². The van der Waals surface area contributed by atoms with Crippen molar-refractivity contribution in [3.8, 4) is 11.7 Å². The highest BCUT2D eigenvalue weighted by atomic mass is 35.5. The summed E-state index contributed by atoms with van der Waals surface area (Å²) in [6, 6.07) is 10.9. The Labute approximate surface area is 259 Å². The van der Waals surface area contributed by atoms with Gasteiger partial charge in [0, 0.05) is 36.3 Å². The molecule has 0 aliphatic carbocycles. The molecular weight excluding hydrogens is 570 g/mol. The first-order valence-electron chi connectivity index (χ1n) is 14.8. The molecule has 1 unspecified atom stereocenters. The summed E-state index contributed by atoms with van der Waals surface area (Å²) in [4.78, 5) is 21.9. The summed E-state index contributed by atoms with van der Waals surface area (Å²) in [6.45, 7) is 15.9. The molecule has 4 rings (SSSR count). The highest BCUT2D eigenvalue weighted by molar-refractivity contribution is 7.97. The maximum Gasteiger partial charge on any atom is 0.264 e. The van der Waals surface area contributed by atoms with Gasteiger partial charge in [-0.1, -0.05) is 45.4 Å².